The molecule has 0 bridgehead atoms. The molecule has 122 valence electrons. The second-order valence-electron chi connectivity index (χ2n) is 5.12. The summed E-state index contributed by atoms with van der Waals surface area (Å²) in [6.45, 7) is 1.81. The molecule has 5 nitrogen and oxygen atoms in total. The van der Waals surface area contributed by atoms with Gasteiger partial charge in [0.2, 0.25) is 10.0 Å². The number of benzene rings is 2. The molecule has 2 N–H and O–H groups in total. The first-order chi connectivity index (χ1) is 10.8. The number of rotatable bonds is 6. The van der Waals surface area contributed by atoms with E-state index in [2.05, 4.69) is 4.72 Å². The van der Waals surface area contributed by atoms with Crippen molar-refractivity contribution in [1.82, 2.24) is 4.72 Å². The normalized spacial score (nSPS) is 12.8. The number of halogens is 1. The van der Waals surface area contributed by atoms with Crippen molar-refractivity contribution in [2.75, 3.05) is 0 Å². The van der Waals surface area contributed by atoms with Crippen LogP contribution in [0.5, 0.6) is 0 Å². The van der Waals surface area contributed by atoms with E-state index in [0.717, 1.165) is 5.56 Å². The molecule has 0 aliphatic rings. The molecular weight excluding hydrogens is 321 g/mol. The number of hydrogen-bond acceptors (Lipinski definition) is 3. The largest absolute Gasteiger partial charge is 0.480 e. The minimum absolute atomic E-state index is 0.0390. The highest BCUT2D eigenvalue weighted by Gasteiger charge is 2.26. The molecule has 0 saturated heterocycles. The highest BCUT2D eigenvalue weighted by Crippen LogP contribution is 2.14. The smallest absolute Gasteiger partial charge is 0.322 e. The summed E-state index contributed by atoms with van der Waals surface area (Å²) in [4.78, 5) is 11.3. The van der Waals surface area contributed by atoms with Gasteiger partial charge in [0.05, 0.1) is 4.90 Å². The van der Waals surface area contributed by atoms with E-state index in [-0.39, 0.29) is 16.9 Å². The standard InChI is InChI=1S/C16H16FNO4S/c1-11-6-8-13(9-7-11)23(21,22)18-15(16(19)20)10-12-4-2-3-5-14(12)17/h2-9,15,18H,10H2,1H3,(H,19,20)/t15-/m1/s1. The maximum Gasteiger partial charge on any atom is 0.322 e. The number of sulfonamides is 1. The monoisotopic (exact) mass is 337 g/mol. The Morgan fingerprint density at radius 3 is 2.35 bits per heavy atom. The summed E-state index contributed by atoms with van der Waals surface area (Å²) in [5.41, 5.74) is 1.01. The van der Waals surface area contributed by atoms with Gasteiger partial charge < -0.3 is 5.11 Å². The van der Waals surface area contributed by atoms with E-state index >= 15 is 0 Å². The van der Waals surface area contributed by atoms with Crippen LogP contribution in [0.3, 0.4) is 0 Å². The van der Waals surface area contributed by atoms with Crippen LogP contribution in [0.4, 0.5) is 4.39 Å². The Bertz CT molecular complexity index is 803. The molecule has 0 aromatic heterocycles. The Morgan fingerprint density at radius 1 is 1.17 bits per heavy atom. The fourth-order valence-electron chi connectivity index (χ4n) is 2.04. The molecule has 0 amide bonds. The number of hydrogen-bond donors (Lipinski definition) is 2. The van der Waals surface area contributed by atoms with Gasteiger partial charge >= 0.3 is 5.97 Å². The Kier molecular flexibility index (Phi) is 5.12. The minimum atomic E-state index is -4.01. The van der Waals surface area contributed by atoms with E-state index in [1.807, 2.05) is 6.92 Å². The number of carboxylic acid groups (broad SMARTS) is 1. The van der Waals surface area contributed by atoms with Gasteiger partial charge in [-0.15, -0.1) is 0 Å². The predicted molar refractivity (Wildman–Crippen MR) is 83.0 cm³/mol. The molecule has 0 unspecified atom stereocenters. The molecule has 2 aromatic carbocycles. The van der Waals surface area contributed by atoms with Crippen LogP contribution in [0, 0.1) is 12.7 Å². The Labute approximate surface area is 133 Å². The maximum atomic E-state index is 13.6. The fourth-order valence-corrected chi connectivity index (χ4v) is 3.23. The van der Waals surface area contributed by atoms with Crippen LogP contribution < -0.4 is 4.72 Å². The molecule has 2 rings (SSSR count). The third-order valence-electron chi connectivity index (χ3n) is 3.31. The summed E-state index contributed by atoms with van der Waals surface area (Å²) < 4.78 is 40.3. The molecule has 7 heteroatoms. The predicted octanol–water partition coefficient (Wildman–Crippen LogP) is 2.11. The number of carboxylic acids is 1. The van der Waals surface area contributed by atoms with Gasteiger partial charge in [-0.05, 0) is 30.7 Å². The van der Waals surface area contributed by atoms with E-state index < -0.39 is 27.9 Å². The molecule has 0 heterocycles. The van der Waals surface area contributed by atoms with E-state index in [0.29, 0.717) is 0 Å². The van der Waals surface area contributed by atoms with Crippen molar-refractivity contribution in [3.63, 3.8) is 0 Å². The zero-order chi connectivity index (χ0) is 17.0. The zero-order valence-electron chi connectivity index (χ0n) is 12.4. The number of nitrogens with one attached hydrogen (secondary N) is 1. The first-order valence-corrected chi connectivity index (χ1v) is 8.33. The third-order valence-corrected chi connectivity index (χ3v) is 4.80. The van der Waals surface area contributed by atoms with Gasteiger partial charge in [0.1, 0.15) is 11.9 Å². The Hall–Kier alpha value is -2.25. The topological polar surface area (TPSA) is 83.5 Å². The Balaban J connectivity index is 2.24. The number of carbonyl (C=O) groups is 1. The summed E-state index contributed by atoms with van der Waals surface area (Å²) in [6, 6.07) is 10.2. The lowest BCUT2D eigenvalue weighted by molar-refractivity contribution is -0.138. The highest BCUT2D eigenvalue weighted by atomic mass is 32.2. The summed E-state index contributed by atoms with van der Waals surface area (Å²) in [5.74, 6) is -1.95. The van der Waals surface area contributed by atoms with Crippen LogP contribution in [-0.2, 0) is 21.2 Å². The second-order valence-corrected chi connectivity index (χ2v) is 6.83. The quantitative estimate of drug-likeness (QED) is 0.846. The van der Waals surface area contributed by atoms with Gasteiger partial charge in [0.25, 0.3) is 0 Å². The van der Waals surface area contributed by atoms with E-state index in [9.17, 15) is 22.7 Å². The summed E-state index contributed by atoms with van der Waals surface area (Å²) in [5, 5.41) is 9.23. The molecular formula is C16H16FNO4S. The Morgan fingerprint density at radius 2 is 1.78 bits per heavy atom. The van der Waals surface area contributed by atoms with Crippen molar-refractivity contribution in [3.05, 3.63) is 65.5 Å². The van der Waals surface area contributed by atoms with Crippen molar-refractivity contribution < 1.29 is 22.7 Å². The molecule has 23 heavy (non-hydrogen) atoms. The zero-order valence-corrected chi connectivity index (χ0v) is 13.2. The SMILES string of the molecule is Cc1ccc(S(=O)(=O)N[C@H](Cc2ccccc2F)C(=O)O)cc1. The van der Waals surface area contributed by atoms with Crippen molar-refractivity contribution in [3.8, 4) is 0 Å². The van der Waals surface area contributed by atoms with Crippen LogP contribution in [0.15, 0.2) is 53.4 Å². The molecule has 2 aromatic rings. The lowest BCUT2D eigenvalue weighted by Gasteiger charge is -2.15. The van der Waals surface area contributed by atoms with Gasteiger partial charge in [0.15, 0.2) is 0 Å². The number of aryl methyl sites for hydroxylation is 1. The van der Waals surface area contributed by atoms with E-state index in [1.165, 1.54) is 30.3 Å². The van der Waals surface area contributed by atoms with E-state index in [4.69, 9.17) is 0 Å². The molecule has 0 aliphatic carbocycles. The van der Waals surface area contributed by atoms with Gasteiger partial charge in [-0.1, -0.05) is 35.9 Å². The van der Waals surface area contributed by atoms with Crippen LogP contribution in [-0.4, -0.2) is 25.5 Å². The van der Waals surface area contributed by atoms with Gasteiger partial charge in [-0.3, -0.25) is 4.79 Å². The third kappa shape index (κ3) is 4.37. The van der Waals surface area contributed by atoms with Crippen molar-refractivity contribution in [2.45, 2.75) is 24.3 Å². The van der Waals surface area contributed by atoms with Crippen LogP contribution >= 0.6 is 0 Å². The fraction of sp³-hybridized carbons (Fsp3) is 0.188. The molecule has 0 aliphatic heterocycles. The lowest BCUT2D eigenvalue weighted by atomic mass is 10.1. The molecule has 0 spiro atoms. The van der Waals surface area contributed by atoms with Gasteiger partial charge in [-0.25, -0.2) is 12.8 Å². The van der Waals surface area contributed by atoms with Crippen molar-refractivity contribution >= 4 is 16.0 Å². The second kappa shape index (κ2) is 6.89. The molecule has 0 radical (unpaired) electrons. The van der Waals surface area contributed by atoms with Gasteiger partial charge in [-0.2, -0.15) is 4.72 Å². The maximum absolute atomic E-state index is 13.6. The molecule has 0 saturated carbocycles. The van der Waals surface area contributed by atoms with E-state index in [1.54, 1.807) is 18.2 Å². The van der Waals surface area contributed by atoms with Crippen molar-refractivity contribution in [1.29, 1.82) is 0 Å². The average Bonchev–Trinajstić information content (AvgIpc) is 2.49. The summed E-state index contributed by atoms with van der Waals surface area (Å²) >= 11 is 0. The van der Waals surface area contributed by atoms with Crippen LogP contribution in [0.1, 0.15) is 11.1 Å². The molecule has 1 atom stereocenters. The number of aliphatic carboxylic acids is 1. The summed E-state index contributed by atoms with van der Waals surface area (Å²) in [7, 11) is -4.01. The minimum Gasteiger partial charge on any atom is -0.480 e. The van der Waals surface area contributed by atoms with Crippen LogP contribution in [0.25, 0.3) is 0 Å². The van der Waals surface area contributed by atoms with Crippen LogP contribution in [0.2, 0.25) is 0 Å². The van der Waals surface area contributed by atoms with Gasteiger partial charge in [0, 0.05) is 6.42 Å². The lowest BCUT2D eigenvalue weighted by Crippen LogP contribution is -2.42. The van der Waals surface area contributed by atoms with Crippen molar-refractivity contribution in [2.24, 2.45) is 0 Å². The summed E-state index contributed by atoms with van der Waals surface area (Å²) in [6.07, 6.45) is -0.285. The first-order valence-electron chi connectivity index (χ1n) is 6.85. The average molecular weight is 337 g/mol. The first kappa shape index (κ1) is 17.1. The highest BCUT2D eigenvalue weighted by molar-refractivity contribution is 7.89. The molecule has 0 fully saturated rings.